The van der Waals surface area contributed by atoms with Gasteiger partial charge in [-0.3, -0.25) is 4.98 Å². The van der Waals surface area contributed by atoms with Gasteiger partial charge in [0.25, 0.3) is 0 Å². The summed E-state index contributed by atoms with van der Waals surface area (Å²) in [6.45, 7) is 18.0. The average molecular weight is 558 g/mol. The van der Waals surface area contributed by atoms with Crippen LogP contribution in [0.25, 0.3) is 0 Å². The summed E-state index contributed by atoms with van der Waals surface area (Å²) in [6.07, 6.45) is 7.20. The lowest BCUT2D eigenvalue weighted by Crippen LogP contribution is -2.44. The summed E-state index contributed by atoms with van der Waals surface area (Å²) in [6, 6.07) is 0. The van der Waals surface area contributed by atoms with Crippen molar-refractivity contribution >= 4 is 36.9 Å². The molecular weight excluding hydrogens is 517 g/mol. The van der Waals surface area contributed by atoms with Crippen LogP contribution in [-0.4, -0.2) is 25.9 Å². The molecule has 1 fully saturated rings. The topological polar surface area (TPSA) is 48.4 Å². The molecule has 1 aromatic rings. The Morgan fingerprint density at radius 3 is 2.39 bits per heavy atom. The molecule has 0 amide bonds. The third-order valence-electron chi connectivity index (χ3n) is 7.69. The molecule has 2 aliphatic carbocycles. The third-order valence-corrected chi connectivity index (χ3v) is 13.3. The molecule has 3 rings (SSSR count). The Kier molecular flexibility index (Phi) is 7.34. The van der Waals surface area contributed by atoms with Crippen LogP contribution >= 0.6 is 22.6 Å². The number of fused-ring (bicyclic) bond motifs is 1. The molecule has 2 aliphatic rings. The van der Waals surface area contributed by atoms with Gasteiger partial charge in [-0.25, -0.2) is 4.79 Å². The van der Waals surface area contributed by atoms with E-state index in [1.54, 1.807) is 0 Å². The average Bonchev–Trinajstić information content (AvgIpc) is 3.07. The maximum Gasteiger partial charge on any atom is 0.341 e. The number of carbonyl (C=O) groups excluding carboxylic acids is 1. The first-order valence-electron chi connectivity index (χ1n) is 11.9. The molecule has 0 aliphatic heterocycles. The van der Waals surface area contributed by atoms with E-state index in [2.05, 4.69) is 70.3 Å². The predicted molar refractivity (Wildman–Crippen MR) is 137 cm³/mol. The van der Waals surface area contributed by atoms with Crippen LogP contribution in [0.4, 0.5) is 0 Å². The number of aromatic nitrogens is 1. The minimum atomic E-state index is -1.99. The summed E-state index contributed by atoms with van der Waals surface area (Å²) in [7, 11) is -1.99. The molecular formula is C25H40INO3Si. The van der Waals surface area contributed by atoms with Gasteiger partial charge >= 0.3 is 5.97 Å². The van der Waals surface area contributed by atoms with E-state index in [1.807, 2.05) is 6.92 Å². The van der Waals surface area contributed by atoms with Gasteiger partial charge in [0.15, 0.2) is 8.32 Å². The van der Waals surface area contributed by atoms with Crippen LogP contribution in [-0.2, 0) is 15.6 Å². The molecule has 31 heavy (non-hydrogen) atoms. The largest absolute Gasteiger partial charge is 0.462 e. The Balaban J connectivity index is 2.18. The van der Waals surface area contributed by atoms with E-state index in [9.17, 15) is 4.79 Å². The highest BCUT2D eigenvalue weighted by atomic mass is 127. The molecule has 0 unspecified atom stereocenters. The number of rotatable bonds is 5. The van der Waals surface area contributed by atoms with Crippen LogP contribution in [0, 0.1) is 8.99 Å². The molecule has 0 aromatic carbocycles. The monoisotopic (exact) mass is 557 g/mol. The van der Waals surface area contributed by atoms with Crippen molar-refractivity contribution in [2.24, 2.45) is 5.41 Å². The molecule has 6 heteroatoms. The predicted octanol–water partition coefficient (Wildman–Crippen LogP) is 7.56. The van der Waals surface area contributed by atoms with Gasteiger partial charge in [-0.05, 0) is 84.7 Å². The van der Waals surface area contributed by atoms with Crippen molar-refractivity contribution in [3.05, 3.63) is 26.1 Å². The van der Waals surface area contributed by atoms with Crippen molar-refractivity contribution in [1.82, 2.24) is 4.98 Å². The van der Waals surface area contributed by atoms with Crippen molar-refractivity contribution in [3.63, 3.8) is 0 Å². The lowest BCUT2D eigenvalue weighted by molar-refractivity contribution is 0.0520. The summed E-state index contributed by atoms with van der Waals surface area (Å²) < 4.78 is 13.5. The first kappa shape index (κ1) is 25.2. The fourth-order valence-electron chi connectivity index (χ4n) is 4.97. The van der Waals surface area contributed by atoms with Gasteiger partial charge in [0.2, 0.25) is 0 Å². The molecule has 1 saturated carbocycles. The van der Waals surface area contributed by atoms with Gasteiger partial charge in [0, 0.05) is 14.8 Å². The zero-order valence-corrected chi connectivity index (χ0v) is 23.8. The van der Waals surface area contributed by atoms with Crippen LogP contribution in [0.2, 0.25) is 18.1 Å². The van der Waals surface area contributed by atoms with Crippen molar-refractivity contribution in [3.8, 4) is 0 Å². The molecule has 0 N–H and O–H groups in total. The summed E-state index contributed by atoms with van der Waals surface area (Å²) in [5.41, 5.74) is 4.16. The number of nitrogens with zero attached hydrogens (tertiary/aromatic N) is 1. The Morgan fingerprint density at radius 2 is 1.87 bits per heavy atom. The zero-order valence-electron chi connectivity index (χ0n) is 20.7. The smallest absolute Gasteiger partial charge is 0.341 e. The van der Waals surface area contributed by atoms with E-state index in [0.29, 0.717) is 17.6 Å². The molecule has 4 nitrogen and oxygen atoms in total. The standard InChI is InChI=1S/C25H40INO3Si/c1-9-29-23(28)20-21(26)19-17(27-22(20)16(2)3)14-25(12-10-11-13-25)15-18(19)30-31(7,8)24(4,5)6/h16,18H,9-15H2,1-8H3/t18-/m0/s1. The minimum absolute atomic E-state index is 0.0107. The van der Waals surface area contributed by atoms with E-state index in [1.165, 1.54) is 25.7 Å². The number of hydrogen-bond acceptors (Lipinski definition) is 4. The number of pyridine rings is 1. The Bertz CT molecular complexity index is 838. The fourth-order valence-corrected chi connectivity index (χ4v) is 7.40. The number of esters is 1. The van der Waals surface area contributed by atoms with E-state index in [0.717, 1.165) is 33.4 Å². The van der Waals surface area contributed by atoms with Gasteiger partial charge in [0.1, 0.15) is 0 Å². The van der Waals surface area contributed by atoms with Crippen LogP contribution in [0.5, 0.6) is 0 Å². The number of carbonyl (C=O) groups is 1. The maximum absolute atomic E-state index is 13.0. The molecule has 0 bridgehead atoms. The van der Waals surface area contributed by atoms with E-state index in [-0.39, 0.29) is 23.0 Å². The second kappa shape index (κ2) is 9.05. The molecule has 1 aromatic heterocycles. The molecule has 1 atom stereocenters. The van der Waals surface area contributed by atoms with Gasteiger partial charge in [-0.15, -0.1) is 0 Å². The molecule has 0 radical (unpaired) electrons. The quantitative estimate of drug-likeness (QED) is 0.213. The maximum atomic E-state index is 13.0. The Labute approximate surface area is 203 Å². The van der Waals surface area contributed by atoms with E-state index >= 15 is 0 Å². The van der Waals surface area contributed by atoms with E-state index in [4.69, 9.17) is 14.1 Å². The molecule has 1 spiro atoms. The second-order valence-corrected chi connectivity index (χ2v) is 17.2. The minimum Gasteiger partial charge on any atom is -0.462 e. The SMILES string of the molecule is CCOC(=O)c1c(C(C)C)nc2c(c1I)[C@@H](O[Si](C)(C)C(C)(C)C)CC1(CCCC1)C2. The van der Waals surface area contributed by atoms with Gasteiger partial charge in [-0.2, -0.15) is 0 Å². The van der Waals surface area contributed by atoms with Crippen molar-refractivity contribution in [2.45, 2.75) is 110 Å². The normalized spacial score (nSPS) is 20.9. The summed E-state index contributed by atoms with van der Waals surface area (Å²) in [4.78, 5) is 18.1. The zero-order chi connectivity index (χ0) is 23.2. The lowest BCUT2D eigenvalue weighted by Gasteiger charge is -2.45. The summed E-state index contributed by atoms with van der Waals surface area (Å²) >= 11 is 2.37. The first-order valence-corrected chi connectivity index (χ1v) is 15.9. The van der Waals surface area contributed by atoms with Crippen molar-refractivity contribution < 1.29 is 14.0 Å². The number of halogens is 1. The highest BCUT2D eigenvalue weighted by molar-refractivity contribution is 14.1. The van der Waals surface area contributed by atoms with Crippen LogP contribution < -0.4 is 0 Å². The lowest BCUT2D eigenvalue weighted by atomic mass is 9.70. The summed E-state index contributed by atoms with van der Waals surface area (Å²) in [5, 5.41) is 0.133. The van der Waals surface area contributed by atoms with Gasteiger partial charge < -0.3 is 9.16 Å². The van der Waals surface area contributed by atoms with Crippen molar-refractivity contribution in [2.75, 3.05) is 6.61 Å². The third kappa shape index (κ3) is 4.91. The summed E-state index contributed by atoms with van der Waals surface area (Å²) in [5.74, 6) is -0.0856. The van der Waals surface area contributed by atoms with Crippen LogP contribution in [0.1, 0.15) is 113 Å². The fraction of sp³-hybridized carbons (Fsp3) is 0.760. The highest BCUT2D eigenvalue weighted by Crippen LogP contribution is 2.54. The van der Waals surface area contributed by atoms with E-state index < -0.39 is 8.32 Å². The van der Waals surface area contributed by atoms with Crippen LogP contribution in [0.15, 0.2) is 0 Å². The Hall–Kier alpha value is -0.473. The van der Waals surface area contributed by atoms with Gasteiger partial charge in [0.05, 0.1) is 24.0 Å². The first-order chi connectivity index (χ1) is 14.3. The number of ether oxygens (including phenoxy) is 1. The van der Waals surface area contributed by atoms with Gasteiger partial charge in [-0.1, -0.05) is 47.5 Å². The highest BCUT2D eigenvalue weighted by Gasteiger charge is 2.47. The number of hydrogen-bond donors (Lipinski definition) is 0. The van der Waals surface area contributed by atoms with Crippen LogP contribution in [0.3, 0.4) is 0 Å². The van der Waals surface area contributed by atoms with Crippen molar-refractivity contribution in [1.29, 1.82) is 0 Å². The molecule has 1 heterocycles. The molecule has 0 saturated heterocycles. The molecule has 174 valence electrons. The second-order valence-electron chi connectivity index (χ2n) is 11.4. The Morgan fingerprint density at radius 1 is 1.26 bits per heavy atom.